The van der Waals surface area contributed by atoms with Crippen LogP contribution in [-0.4, -0.2) is 58.7 Å². The Balaban J connectivity index is 1.93. The number of likely N-dealkylation sites (tertiary alicyclic amines) is 1. The van der Waals surface area contributed by atoms with Gasteiger partial charge in [0.05, 0.1) is 6.10 Å². The van der Waals surface area contributed by atoms with Crippen LogP contribution in [0.4, 0.5) is 11.9 Å². The summed E-state index contributed by atoms with van der Waals surface area (Å²) in [5.74, 6) is 1.11. The maximum absolute atomic E-state index is 5.57. The van der Waals surface area contributed by atoms with E-state index in [9.17, 15) is 0 Å². The predicted molar refractivity (Wildman–Crippen MR) is 83.9 cm³/mol. The van der Waals surface area contributed by atoms with Crippen molar-refractivity contribution in [3.8, 4) is 6.01 Å². The van der Waals surface area contributed by atoms with Crippen molar-refractivity contribution < 1.29 is 4.74 Å². The molecule has 0 radical (unpaired) electrons. The van der Waals surface area contributed by atoms with E-state index in [0.29, 0.717) is 17.9 Å². The number of hydrogen-bond donors (Lipinski definition) is 2. The summed E-state index contributed by atoms with van der Waals surface area (Å²) in [6, 6.07) is 0.361. The smallest absolute Gasteiger partial charge is 0.323 e. The predicted octanol–water partition coefficient (Wildman–Crippen LogP) is 1.60. The van der Waals surface area contributed by atoms with Crippen LogP contribution in [-0.2, 0) is 0 Å². The second-order valence-corrected chi connectivity index (χ2v) is 5.44. The van der Waals surface area contributed by atoms with Gasteiger partial charge in [-0.1, -0.05) is 0 Å². The Kier molecular flexibility index (Phi) is 5.98. The van der Waals surface area contributed by atoms with Crippen LogP contribution in [0.25, 0.3) is 0 Å². The maximum atomic E-state index is 5.57. The molecule has 118 valence electrons. The largest absolute Gasteiger partial charge is 0.461 e. The topological polar surface area (TPSA) is 75.2 Å². The van der Waals surface area contributed by atoms with Crippen molar-refractivity contribution in [2.45, 2.75) is 39.7 Å². The van der Waals surface area contributed by atoms with Crippen molar-refractivity contribution in [1.29, 1.82) is 0 Å². The van der Waals surface area contributed by atoms with Gasteiger partial charge in [0, 0.05) is 19.6 Å². The lowest BCUT2D eigenvalue weighted by Crippen LogP contribution is -2.26. The van der Waals surface area contributed by atoms with Gasteiger partial charge < -0.3 is 20.3 Å². The van der Waals surface area contributed by atoms with Gasteiger partial charge in [-0.3, -0.25) is 0 Å². The van der Waals surface area contributed by atoms with E-state index in [1.165, 1.54) is 25.9 Å². The molecule has 1 aromatic rings. The Hall–Kier alpha value is -1.63. The molecule has 0 amide bonds. The molecule has 0 bridgehead atoms. The summed E-state index contributed by atoms with van der Waals surface area (Å²) in [6.45, 7) is 10.9. The molecule has 0 aromatic carbocycles. The van der Waals surface area contributed by atoms with E-state index in [1.54, 1.807) is 0 Å². The highest BCUT2D eigenvalue weighted by atomic mass is 16.5. The molecule has 7 nitrogen and oxygen atoms in total. The molecule has 2 heterocycles. The van der Waals surface area contributed by atoms with Crippen LogP contribution in [0.2, 0.25) is 0 Å². The molecule has 0 unspecified atom stereocenters. The zero-order valence-electron chi connectivity index (χ0n) is 13.2. The second kappa shape index (κ2) is 7.97. The van der Waals surface area contributed by atoms with E-state index in [2.05, 4.69) is 30.5 Å². The van der Waals surface area contributed by atoms with Gasteiger partial charge in [0.15, 0.2) is 0 Å². The van der Waals surface area contributed by atoms with E-state index >= 15 is 0 Å². The van der Waals surface area contributed by atoms with E-state index in [-0.39, 0.29) is 6.10 Å². The minimum atomic E-state index is 0.0410. The van der Waals surface area contributed by atoms with Gasteiger partial charge in [-0.05, 0) is 46.7 Å². The summed E-state index contributed by atoms with van der Waals surface area (Å²) >= 11 is 0. The molecule has 0 atom stereocenters. The van der Waals surface area contributed by atoms with Gasteiger partial charge in [0.2, 0.25) is 11.9 Å². The molecule has 1 aliphatic heterocycles. The summed E-state index contributed by atoms with van der Waals surface area (Å²) in [5.41, 5.74) is 0. The first kappa shape index (κ1) is 15.8. The highest BCUT2D eigenvalue weighted by Gasteiger charge is 2.12. The number of rotatable bonds is 8. The number of nitrogens with one attached hydrogen (secondary N) is 2. The SMILES string of the molecule is CCNc1nc(NCCN2CCCC2)nc(OC(C)C)n1. The number of hydrogen-bond acceptors (Lipinski definition) is 7. The molecule has 1 aromatic heterocycles. The first-order valence-electron chi connectivity index (χ1n) is 7.80. The lowest BCUT2D eigenvalue weighted by atomic mass is 10.4. The van der Waals surface area contributed by atoms with E-state index in [4.69, 9.17) is 4.74 Å². The summed E-state index contributed by atoms with van der Waals surface area (Å²) in [4.78, 5) is 15.3. The van der Waals surface area contributed by atoms with E-state index in [0.717, 1.165) is 19.6 Å². The number of ether oxygens (including phenoxy) is 1. The van der Waals surface area contributed by atoms with Crippen molar-refractivity contribution in [3.63, 3.8) is 0 Å². The highest BCUT2D eigenvalue weighted by Crippen LogP contribution is 2.12. The fourth-order valence-electron chi connectivity index (χ4n) is 2.27. The molecule has 2 rings (SSSR count). The van der Waals surface area contributed by atoms with E-state index < -0.39 is 0 Å². The van der Waals surface area contributed by atoms with Gasteiger partial charge in [-0.2, -0.15) is 15.0 Å². The molecule has 0 saturated carbocycles. The molecular formula is C14H26N6O. The molecule has 1 fully saturated rings. The Labute approximate surface area is 126 Å². The van der Waals surface area contributed by atoms with Gasteiger partial charge in [-0.15, -0.1) is 0 Å². The number of nitrogens with zero attached hydrogens (tertiary/aromatic N) is 4. The molecule has 0 aliphatic carbocycles. The monoisotopic (exact) mass is 294 g/mol. The summed E-state index contributed by atoms with van der Waals surface area (Å²) in [5, 5.41) is 6.36. The standard InChI is InChI=1S/C14H26N6O/c1-4-15-12-17-13(19-14(18-12)21-11(2)3)16-7-10-20-8-5-6-9-20/h11H,4-10H2,1-3H3,(H2,15,16,17,18,19). The van der Waals surface area contributed by atoms with Gasteiger partial charge >= 0.3 is 6.01 Å². The first-order valence-corrected chi connectivity index (χ1v) is 7.80. The van der Waals surface area contributed by atoms with Crippen molar-refractivity contribution >= 4 is 11.9 Å². The molecule has 2 N–H and O–H groups in total. The number of aromatic nitrogens is 3. The average molecular weight is 294 g/mol. The Morgan fingerprint density at radius 1 is 1.10 bits per heavy atom. The molecule has 7 heteroatoms. The van der Waals surface area contributed by atoms with Gasteiger partial charge in [0.1, 0.15) is 0 Å². The molecule has 0 spiro atoms. The second-order valence-electron chi connectivity index (χ2n) is 5.44. The summed E-state index contributed by atoms with van der Waals surface area (Å²) in [6.07, 6.45) is 2.66. The quantitative estimate of drug-likeness (QED) is 0.754. The van der Waals surface area contributed by atoms with Crippen molar-refractivity contribution in [1.82, 2.24) is 19.9 Å². The number of anilines is 2. The first-order chi connectivity index (χ1) is 10.2. The summed E-state index contributed by atoms with van der Waals surface area (Å²) in [7, 11) is 0. The lowest BCUT2D eigenvalue weighted by Gasteiger charge is -2.15. The third kappa shape index (κ3) is 5.34. The molecule has 21 heavy (non-hydrogen) atoms. The van der Waals surface area contributed by atoms with Crippen LogP contribution < -0.4 is 15.4 Å². The fraction of sp³-hybridized carbons (Fsp3) is 0.786. The molecule has 1 saturated heterocycles. The third-order valence-electron chi connectivity index (χ3n) is 3.20. The van der Waals surface area contributed by atoms with Crippen molar-refractivity contribution in [2.75, 3.05) is 43.4 Å². The van der Waals surface area contributed by atoms with Crippen LogP contribution in [0.5, 0.6) is 6.01 Å². The van der Waals surface area contributed by atoms with E-state index in [1.807, 2.05) is 20.8 Å². The van der Waals surface area contributed by atoms with Crippen molar-refractivity contribution in [3.05, 3.63) is 0 Å². The van der Waals surface area contributed by atoms with Crippen LogP contribution in [0, 0.1) is 0 Å². The van der Waals surface area contributed by atoms with Gasteiger partial charge in [-0.25, -0.2) is 0 Å². The minimum absolute atomic E-state index is 0.0410. The fourth-order valence-corrected chi connectivity index (χ4v) is 2.27. The Morgan fingerprint density at radius 2 is 1.76 bits per heavy atom. The van der Waals surface area contributed by atoms with Crippen LogP contribution in [0.3, 0.4) is 0 Å². The average Bonchev–Trinajstić information content (AvgIpc) is 2.91. The lowest BCUT2D eigenvalue weighted by molar-refractivity contribution is 0.222. The van der Waals surface area contributed by atoms with Crippen molar-refractivity contribution in [2.24, 2.45) is 0 Å². The Morgan fingerprint density at radius 3 is 2.38 bits per heavy atom. The Bertz CT molecular complexity index is 433. The zero-order chi connectivity index (χ0) is 15.1. The molecular weight excluding hydrogens is 268 g/mol. The normalized spacial score (nSPS) is 15.4. The van der Waals surface area contributed by atoms with Crippen LogP contribution in [0.1, 0.15) is 33.6 Å². The van der Waals surface area contributed by atoms with Crippen LogP contribution in [0.15, 0.2) is 0 Å². The summed E-state index contributed by atoms with van der Waals surface area (Å²) < 4.78 is 5.57. The zero-order valence-corrected chi connectivity index (χ0v) is 13.2. The molecule has 1 aliphatic rings. The highest BCUT2D eigenvalue weighted by molar-refractivity contribution is 5.35. The minimum Gasteiger partial charge on any atom is -0.461 e. The maximum Gasteiger partial charge on any atom is 0.323 e. The van der Waals surface area contributed by atoms with Gasteiger partial charge in [0.25, 0.3) is 0 Å². The van der Waals surface area contributed by atoms with Crippen LogP contribution >= 0.6 is 0 Å². The third-order valence-corrected chi connectivity index (χ3v) is 3.20.